The monoisotopic (exact) mass is 383 g/mol. The fraction of sp³-hybridized carbons (Fsp3) is 0.200. The second-order valence-corrected chi connectivity index (χ2v) is 5.24. The Kier molecular flexibility index (Phi) is 4.94. The van der Waals surface area contributed by atoms with Gasteiger partial charge >= 0.3 is 5.97 Å². The van der Waals surface area contributed by atoms with Gasteiger partial charge in [0.15, 0.2) is 0 Å². The van der Waals surface area contributed by atoms with Gasteiger partial charge in [-0.05, 0) is 16.3 Å². The highest BCUT2D eigenvalue weighted by Crippen LogP contribution is 2.16. The van der Waals surface area contributed by atoms with E-state index in [1.54, 1.807) is 0 Å². The maximum atomic E-state index is 11.3. The number of carbonyl (C=O) groups excluding carboxylic acids is 1. The van der Waals surface area contributed by atoms with Gasteiger partial charge in [0.25, 0.3) is 0 Å². The molecular weight excluding hydrogens is 369 g/mol. The third kappa shape index (κ3) is 3.69. The topological polar surface area (TPSA) is 66.4 Å². The standard InChI is InChI=1S/C15H14INO3/c16-9-14(18)17-13(15(19)20)8-10-5-6-11-3-1-2-4-12(11)7-10/h1-7,13H,8-9H2,(H,17,18)(H,19,20)/t13-/m1/s1. The van der Waals surface area contributed by atoms with E-state index in [0.29, 0.717) is 0 Å². The molecule has 2 rings (SSSR count). The Morgan fingerprint density at radius 2 is 1.85 bits per heavy atom. The van der Waals surface area contributed by atoms with Crippen molar-refractivity contribution in [1.29, 1.82) is 0 Å². The number of hydrogen-bond acceptors (Lipinski definition) is 2. The van der Waals surface area contributed by atoms with Crippen LogP contribution in [0.3, 0.4) is 0 Å². The number of nitrogens with one attached hydrogen (secondary N) is 1. The second kappa shape index (κ2) is 6.69. The molecule has 104 valence electrons. The lowest BCUT2D eigenvalue weighted by Crippen LogP contribution is -2.42. The van der Waals surface area contributed by atoms with Crippen molar-refractivity contribution in [1.82, 2.24) is 5.32 Å². The molecule has 2 N–H and O–H groups in total. The number of carboxylic acid groups (broad SMARTS) is 1. The van der Waals surface area contributed by atoms with Gasteiger partial charge < -0.3 is 10.4 Å². The second-order valence-electron chi connectivity index (χ2n) is 4.48. The Morgan fingerprint density at radius 1 is 1.15 bits per heavy atom. The number of rotatable bonds is 5. The summed E-state index contributed by atoms with van der Waals surface area (Å²) in [4.78, 5) is 22.5. The number of carbonyl (C=O) groups is 2. The predicted molar refractivity (Wildman–Crippen MR) is 86.1 cm³/mol. The van der Waals surface area contributed by atoms with Crippen molar-refractivity contribution in [2.24, 2.45) is 0 Å². The molecule has 0 unspecified atom stereocenters. The van der Waals surface area contributed by atoms with Crippen molar-refractivity contribution in [2.75, 3.05) is 4.43 Å². The summed E-state index contributed by atoms with van der Waals surface area (Å²) < 4.78 is 0.249. The van der Waals surface area contributed by atoms with Crippen LogP contribution in [0.4, 0.5) is 0 Å². The van der Waals surface area contributed by atoms with Crippen LogP contribution < -0.4 is 5.32 Å². The lowest BCUT2D eigenvalue weighted by atomic mass is 10.0. The van der Waals surface area contributed by atoms with E-state index in [0.717, 1.165) is 16.3 Å². The van der Waals surface area contributed by atoms with Gasteiger partial charge in [-0.25, -0.2) is 4.79 Å². The lowest BCUT2D eigenvalue weighted by molar-refractivity contribution is -0.141. The molecule has 0 saturated carbocycles. The quantitative estimate of drug-likeness (QED) is 0.616. The first-order valence-corrected chi connectivity index (χ1v) is 7.68. The molecule has 2 aromatic rings. The molecule has 0 saturated heterocycles. The third-order valence-corrected chi connectivity index (χ3v) is 3.70. The fourth-order valence-corrected chi connectivity index (χ4v) is 2.25. The van der Waals surface area contributed by atoms with Gasteiger partial charge in [-0.15, -0.1) is 0 Å². The number of amides is 1. The minimum atomic E-state index is -1.02. The summed E-state index contributed by atoms with van der Waals surface area (Å²) in [6.07, 6.45) is 0.280. The van der Waals surface area contributed by atoms with Crippen LogP contribution in [0.2, 0.25) is 0 Å². The minimum Gasteiger partial charge on any atom is -0.480 e. The molecule has 2 aromatic carbocycles. The number of halogens is 1. The largest absolute Gasteiger partial charge is 0.480 e. The van der Waals surface area contributed by atoms with Crippen molar-refractivity contribution >= 4 is 45.2 Å². The summed E-state index contributed by atoms with van der Waals surface area (Å²) in [5.74, 6) is -1.28. The first-order valence-electron chi connectivity index (χ1n) is 6.16. The van der Waals surface area contributed by atoms with Crippen LogP contribution in [0.15, 0.2) is 42.5 Å². The Balaban J connectivity index is 2.19. The molecule has 0 aromatic heterocycles. The van der Waals surface area contributed by atoms with Crippen LogP contribution >= 0.6 is 22.6 Å². The summed E-state index contributed by atoms with van der Waals surface area (Å²) in [5.41, 5.74) is 0.893. The van der Waals surface area contributed by atoms with Gasteiger partial charge in [0.05, 0.1) is 4.43 Å². The number of benzene rings is 2. The smallest absolute Gasteiger partial charge is 0.326 e. The molecule has 0 radical (unpaired) electrons. The average molecular weight is 383 g/mol. The Hall–Kier alpha value is -1.63. The van der Waals surface area contributed by atoms with E-state index < -0.39 is 12.0 Å². The minimum absolute atomic E-state index is 0.249. The normalized spacial score (nSPS) is 12.1. The molecule has 1 amide bonds. The molecule has 0 spiro atoms. The van der Waals surface area contributed by atoms with Gasteiger partial charge in [-0.3, -0.25) is 4.79 Å². The zero-order valence-electron chi connectivity index (χ0n) is 10.7. The van der Waals surface area contributed by atoms with Crippen molar-refractivity contribution < 1.29 is 14.7 Å². The molecular formula is C15H14INO3. The van der Waals surface area contributed by atoms with Crippen molar-refractivity contribution in [2.45, 2.75) is 12.5 Å². The van der Waals surface area contributed by atoms with Crippen molar-refractivity contribution in [3.8, 4) is 0 Å². The molecule has 0 aliphatic heterocycles. The molecule has 20 heavy (non-hydrogen) atoms. The van der Waals surface area contributed by atoms with Crippen LogP contribution in [-0.4, -0.2) is 27.5 Å². The molecule has 0 aliphatic rings. The molecule has 5 heteroatoms. The Bertz CT molecular complexity index is 642. The zero-order chi connectivity index (χ0) is 14.5. The fourth-order valence-electron chi connectivity index (χ4n) is 2.03. The summed E-state index contributed by atoms with van der Waals surface area (Å²) in [7, 11) is 0. The number of aliphatic carboxylic acids is 1. The van der Waals surface area contributed by atoms with Crippen LogP contribution in [-0.2, 0) is 16.0 Å². The van der Waals surface area contributed by atoms with Crippen molar-refractivity contribution in [3.05, 3.63) is 48.0 Å². The van der Waals surface area contributed by atoms with E-state index in [1.807, 2.05) is 65.1 Å². The molecule has 0 fully saturated rings. The molecule has 0 aliphatic carbocycles. The van der Waals surface area contributed by atoms with E-state index in [2.05, 4.69) is 5.32 Å². The highest BCUT2D eigenvalue weighted by Gasteiger charge is 2.19. The lowest BCUT2D eigenvalue weighted by Gasteiger charge is -2.14. The van der Waals surface area contributed by atoms with Gasteiger partial charge in [-0.2, -0.15) is 0 Å². The van der Waals surface area contributed by atoms with Crippen molar-refractivity contribution in [3.63, 3.8) is 0 Å². The SMILES string of the molecule is O=C(CI)N[C@H](Cc1ccc2ccccc2c1)C(=O)O. The number of fused-ring (bicyclic) bond motifs is 1. The van der Waals surface area contributed by atoms with Crippen LogP contribution in [0.5, 0.6) is 0 Å². The van der Waals surface area contributed by atoms with E-state index in [1.165, 1.54) is 0 Å². The van der Waals surface area contributed by atoms with Crippen LogP contribution in [0, 0.1) is 0 Å². The highest BCUT2D eigenvalue weighted by molar-refractivity contribution is 14.1. The van der Waals surface area contributed by atoms with Crippen LogP contribution in [0.25, 0.3) is 10.8 Å². The highest BCUT2D eigenvalue weighted by atomic mass is 127. The first kappa shape index (κ1) is 14.8. The summed E-state index contributed by atoms with van der Waals surface area (Å²) in [6, 6.07) is 12.8. The first-order chi connectivity index (χ1) is 9.60. The molecule has 1 atom stereocenters. The van der Waals surface area contributed by atoms with Gasteiger partial charge in [0, 0.05) is 6.42 Å². The molecule has 4 nitrogen and oxygen atoms in total. The van der Waals surface area contributed by atoms with E-state index in [4.69, 9.17) is 0 Å². The number of hydrogen-bond donors (Lipinski definition) is 2. The van der Waals surface area contributed by atoms with Gasteiger partial charge in [0.2, 0.25) is 5.91 Å². The van der Waals surface area contributed by atoms with E-state index in [9.17, 15) is 14.7 Å². The summed E-state index contributed by atoms with van der Waals surface area (Å²) in [6.45, 7) is 0. The predicted octanol–water partition coefficient (Wildman–Crippen LogP) is 2.39. The third-order valence-electron chi connectivity index (χ3n) is 3.01. The van der Waals surface area contributed by atoms with Gasteiger partial charge in [-0.1, -0.05) is 65.1 Å². The van der Waals surface area contributed by atoms with Crippen LogP contribution in [0.1, 0.15) is 5.56 Å². The molecule has 0 heterocycles. The number of alkyl halides is 1. The number of carboxylic acids is 1. The van der Waals surface area contributed by atoms with E-state index >= 15 is 0 Å². The Labute approximate surface area is 130 Å². The average Bonchev–Trinajstić information content (AvgIpc) is 2.46. The summed E-state index contributed by atoms with van der Waals surface area (Å²) in [5, 5.41) is 13.9. The summed E-state index contributed by atoms with van der Waals surface area (Å²) >= 11 is 1.91. The maximum Gasteiger partial charge on any atom is 0.326 e. The van der Waals surface area contributed by atoms with Gasteiger partial charge in [0.1, 0.15) is 6.04 Å². The molecule has 0 bridgehead atoms. The zero-order valence-corrected chi connectivity index (χ0v) is 12.8. The van der Waals surface area contributed by atoms with E-state index in [-0.39, 0.29) is 16.8 Å². The maximum absolute atomic E-state index is 11.3. The Morgan fingerprint density at radius 3 is 2.50 bits per heavy atom.